The standard InChI is InChI=1S/C13H12O.Cr/c1-2-14-10-12-8-5-7-11-6-3-4-9-13(11)12;/h3-9H,2H2,1H3;. The molecule has 0 spiro atoms. The first-order valence-corrected chi connectivity index (χ1v) is 5.61. The average molecular weight is 236 g/mol. The molecule has 0 heterocycles. The second-order valence-corrected chi connectivity index (χ2v) is 3.83. The van der Waals surface area contributed by atoms with Crippen LogP contribution in [0.4, 0.5) is 0 Å². The van der Waals surface area contributed by atoms with E-state index < -0.39 is 0 Å². The molecule has 76 valence electrons. The molecular weight excluding hydrogens is 224 g/mol. The first-order chi connectivity index (χ1) is 7.33. The van der Waals surface area contributed by atoms with Crippen molar-refractivity contribution in [3.63, 3.8) is 0 Å². The molecule has 0 bridgehead atoms. The zero-order valence-electron chi connectivity index (χ0n) is 8.57. The third-order valence-corrected chi connectivity index (χ3v) is 2.81. The van der Waals surface area contributed by atoms with E-state index in [2.05, 4.69) is 40.1 Å². The van der Waals surface area contributed by atoms with Crippen LogP contribution in [0.1, 0.15) is 12.5 Å². The first kappa shape index (κ1) is 10.6. The summed E-state index contributed by atoms with van der Waals surface area (Å²) in [5.41, 5.74) is 1.13. The second kappa shape index (κ2) is 4.72. The van der Waals surface area contributed by atoms with Crippen LogP contribution in [0, 0.1) is 0 Å². The number of benzene rings is 2. The summed E-state index contributed by atoms with van der Waals surface area (Å²) in [4.78, 5) is 0. The van der Waals surface area contributed by atoms with Gasteiger partial charge in [-0.05, 0) is 0 Å². The third-order valence-electron chi connectivity index (χ3n) is 2.28. The van der Waals surface area contributed by atoms with Gasteiger partial charge in [0, 0.05) is 0 Å². The molecule has 0 aliphatic carbocycles. The Balaban J connectivity index is 2.56. The fraction of sp³-hybridized carbons (Fsp3) is 0.154. The predicted octanol–water partition coefficient (Wildman–Crippen LogP) is 2.90. The fourth-order valence-corrected chi connectivity index (χ4v) is 2.07. The van der Waals surface area contributed by atoms with Crippen LogP contribution in [0.5, 0.6) is 0 Å². The van der Waals surface area contributed by atoms with Gasteiger partial charge in [0.15, 0.2) is 0 Å². The van der Waals surface area contributed by atoms with Gasteiger partial charge in [-0.2, -0.15) is 0 Å². The number of ether oxygens (including phenoxy) is 1. The Kier molecular flexibility index (Phi) is 3.33. The normalized spacial score (nSPS) is 10.5. The molecule has 2 heteroatoms. The molecule has 0 atom stereocenters. The van der Waals surface area contributed by atoms with Gasteiger partial charge < -0.3 is 0 Å². The van der Waals surface area contributed by atoms with E-state index in [0.717, 1.165) is 10.1 Å². The van der Waals surface area contributed by atoms with E-state index in [0.29, 0.717) is 6.61 Å². The number of fused-ring (bicyclic) bond motifs is 1. The van der Waals surface area contributed by atoms with Crippen molar-refractivity contribution in [1.29, 1.82) is 0 Å². The van der Waals surface area contributed by atoms with Crippen molar-refractivity contribution in [2.75, 3.05) is 6.61 Å². The quantitative estimate of drug-likeness (QED) is 0.796. The molecule has 0 radical (unpaired) electrons. The minimum atomic E-state index is 0.686. The molecule has 0 unspecified atom stereocenters. The van der Waals surface area contributed by atoms with E-state index >= 15 is 0 Å². The van der Waals surface area contributed by atoms with E-state index in [-0.39, 0.29) is 0 Å². The molecular formula is C13H12CrO. The molecule has 1 nitrogen and oxygen atoms in total. The van der Waals surface area contributed by atoms with Crippen LogP contribution in [-0.4, -0.2) is 11.2 Å². The SMILES string of the molecule is CCO[C](=[Cr])c1cccc2ccccc12. The maximum atomic E-state index is 5.50. The molecule has 0 N–H and O–H groups in total. The summed E-state index contributed by atoms with van der Waals surface area (Å²) in [5.74, 6) is 0. The summed E-state index contributed by atoms with van der Waals surface area (Å²) in [6.07, 6.45) is 0. The van der Waals surface area contributed by atoms with Crippen LogP contribution >= 0.6 is 0 Å². The zero-order chi connectivity index (χ0) is 10.7. The molecule has 2 rings (SSSR count). The Morgan fingerprint density at radius 3 is 2.67 bits per heavy atom. The average Bonchev–Trinajstić information content (AvgIpc) is 2.28. The van der Waals surface area contributed by atoms with E-state index in [1.165, 1.54) is 10.8 Å². The molecule has 2 aromatic carbocycles. The van der Waals surface area contributed by atoms with Gasteiger partial charge in [-0.3, -0.25) is 0 Å². The van der Waals surface area contributed by atoms with Crippen molar-refractivity contribution >= 4 is 15.3 Å². The van der Waals surface area contributed by atoms with Crippen LogP contribution in [-0.2, 0) is 20.6 Å². The van der Waals surface area contributed by atoms with Crippen molar-refractivity contribution < 1.29 is 20.6 Å². The third kappa shape index (κ3) is 2.18. The summed E-state index contributed by atoms with van der Waals surface area (Å²) in [5, 5.41) is 2.46. The van der Waals surface area contributed by atoms with Gasteiger partial charge in [0.05, 0.1) is 0 Å². The topological polar surface area (TPSA) is 9.23 Å². The molecule has 0 aromatic heterocycles. The summed E-state index contributed by atoms with van der Waals surface area (Å²) >= 11 is 2.98. The van der Waals surface area contributed by atoms with Crippen molar-refractivity contribution in [3.05, 3.63) is 48.0 Å². The maximum absolute atomic E-state index is 5.50. The molecule has 0 aliphatic rings. The van der Waals surface area contributed by atoms with E-state index in [9.17, 15) is 0 Å². The molecule has 0 fully saturated rings. The van der Waals surface area contributed by atoms with Crippen LogP contribution < -0.4 is 0 Å². The second-order valence-electron chi connectivity index (χ2n) is 3.25. The molecule has 0 aliphatic heterocycles. The Morgan fingerprint density at radius 1 is 1.13 bits per heavy atom. The van der Waals surface area contributed by atoms with Crippen LogP contribution in [0.3, 0.4) is 0 Å². The number of rotatable bonds is 3. The molecule has 0 amide bonds. The van der Waals surface area contributed by atoms with Gasteiger partial charge in [-0.1, -0.05) is 0 Å². The van der Waals surface area contributed by atoms with Crippen molar-refractivity contribution in [2.45, 2.75) is 6.92 Å². The summed E-state index contributed by atoms with van der Waals surface area (Å²) in [6.45, 7) is 2.67. The minimum absolute atomic E-state index is 0.686. The molecule has 0 saturated carbocycles. The van der Waals surface area contributed by atoms with Gasteiger partial charge in [0.1, 0.15) is 0 Å². The Bertz CT molecular complexity index is 485. The molecule has 2 aromatic rings. The first-order valence-electron chi connectivity index (χ1n) is 4.98. The van der Waals surface area contributed by atoms with Gasteiger partial charge in [0.2, 0.25) is 0 Å². The Hall–Kier alpha value is -0.938. The van der Waals surface area contributed by atoms with Gasteiger partial charge in [0.25, 0.3) is 0 Å². The monoisotopic (exact) mass is 236 g/mol. The Morgan fingerprint density at radius 2 is 1.87 bits per heavy atom. The van der Waals surface area contributed by atoms with E-state index in [1.807, 2.05) is 25.1 Å². The zero-order valence-corrected chi connectivity index (χ0v) is 9.84. The van der Waals surface area contributed by atoms with Crippen molar-refractivity contribution in [1.82, 2.24) is 0 Å². The number of hydrogen-bond donors (Lipinski definition) is 0. The number of hydrogen-bond acceptors (Lipinski definition) is 1. The predicted molar refractivity (Wildman–Crippen MR) is 59.7 cm³/mol. The fourth-order valence-electron chi connectivity index (χ4n) is 1.61. The van der Waals surface area contributed by atoms with Crippen LogP contribution in [0.2, 0.25) is 0 Å². The van der Waals surface area contributed by atoms with Crippen LogP contribution in [0.15, 0.2) is 42.5 Å². The molecule has 15 heavy (non-hydrogen) atoms. The molecule has 0 saturated heterocycles. The Labute approximate surface area is 97.6 Å². The van der Waals surface area contributed by atoms with Gasteiger partial charge in [-0.25, -0.2) is 0 Å². The van der Waals surface area contributed by atoms with Gasteiger partial charge in [-0.15, -0.1) is 0 Å². The van der Waals surface area contributed by atoms with Gasteiger partial charge >= 0.3 is 97.5 Å². The van der Waals surface area contributed by atoms with Crippen molar-refractivity contribution in [3.8, 4) is 0 Å². The van der Waals surface area contributed by atoms with E-state index in [1.54, 1.807) is 0 Å². The summed E-state index contributed by atoms with van der Waals surface area (Å²) in [7, 11) is 0. The summed E-state index contributed by atoms with van der Waals surface area (Å²) < 4.78 is 6.37. The van der Waals surface area contributed by atoms with Crippen LogP contribution in [0.25, 0.3) is 10.8 Å². The van der Waals surface area contributed by atoms with Crippen molar-refractivity contribution in [2.24, 2.45) is 0 Å². The summed E-state index contributed by atoms with van der Waals surface area (Å²) in [6, 6.07) is 14.5. The van der Waals surface area contributed by atoms with E-state index in [4.69, 9.17) is 4.74 Å².